The van der Waals surface area contributed by atoms with E-state index < -0.39 is 0 Å². The Morgan fingerprint density at radius 1 is 0.806 bits per heavy atom. The van der Waals surface area contributed by atoms with Crippen LogP contribution in [0, 0.1) is 0 Å². The highest BCUT2D eigenvalue weighted by Gasteiger charge is 2.05. The SMILES string of the molecule is Nc1cccnc1Nc1cccc(-c2cccc(NC(=O)/C=C/c3ccccn3)c2)c1. The Balaban J connectivity index is 1.48. The van der Waals surface area contributed by atoms with E-state index in [9.17, 15) is 4.79 Å². The molecule has 1 amide bonds. The van der Waals surface area contributed by atoms with Crippen LogP contribution < -0.4 is 16.4 Å². The molecular weight excluding hydrogens is 386 g/mol. The van der Waals surface area contributed by atoms with Gasteiger partial charge in [-0.25, -0.2) is 4.98 Å². The monoisotopic (exact) mass is 407 g/mol. The van der Waals surface area contributed by atoms with Crippen LogP contribution in [0.1, 0.15) is 5.69 Å². The first-order valence-corrected chi connectivity index (χ1v) is 9.75. The van der Waals surface area contributed by atoms with E-state index in [1.807, 2.05) is 66.7 Å². The lowest BCUT2D eigenvalue weighted by Crippen LogP contribution is -2.07. The molecule has 0 aliphatic rings. The summed E-state index contributed by atoms with van der Waals surface area (Å²) in [4.78, 5) is 20.7. The highest BCUT2D eigenvalue weighted by Crippen LogP contribution is 2.27. The van der Waals surface area contributed by atoms with Gasteiger partial charge in [-0.15, -0.1) is 0 Å². The van der Waals surface area contributed by atoms with E-state index in [1.165, 1.54) is 6.08 Å². The fourth-order valence-electron chi connectivity index (χ4n) is 3.03. The molecule has 152 valence electrons. The summed E-state index contributed by atoms with van der Waals surface area (Å²) in [5, 5.41) is 6.13. The molecule has 4 N–H and O–H groups in total. The lowest BCUT2D eigenvalue weighted by molar-refractivity contribution is -0.111. The number of carbonyl (C=O) groups is 1. The van der Waals surface area contributed by atoms with Gasteiger partial charge in [-0.2, -0.15) is 0 Å². The molecule has 6 heteroatoms. The maximum Gasteiger partial charge on any atom is 0.248 e. The highest BCUT2D eigenvalue weighted by molar-refractivity contribution is 6.02. The molecular formula is C25H21N5O. The number of hydrogen-bond acceptors (Lipinski definition) is 5. The Hall–Kier alpha value is -4.45. The predicted molar refractivity (Wildman–Crippen MR) is 126 cm³/mol. The average Bonchev–Trinajstić information content (AvgIpc) is 2.80. The van der Waals surface area contributed by atoms with Crippen LogP contribution in [0.25, 0.3) is 17.2 Å². The van der Waals surface area contributed by atoms with Gasteiger partial charge in [0.2, 0.25) is 5.91 Å². The Morgan fingerprint density at radius 3 is 2.29 bits per heavy atom. The number of benzene rings is 2. The normalized spacial score (nSPS) is 10.7. The Kier molecular flexibility index (Phi) is 6.00. The summed E-state index contributed by atoms with van der Waals surface area (Å²) in [6.45, 7) is 0. The first-order chi connectivity index (χ1) is 15.2. The van der Waals surface area contributed by atoms with Crippen LogP contribution in [0.3, 0.4) is 0 Å². The molecule has 6 nitrogen and oxygen atoms in total. The zero-order valence-corrected chi connectivity index (χ0v) is 16.7. The first-order valence-electron chi connectivity index (χ1n) is 9.75. The predicted octanol–water partition coefficient (Wildman–Crippen LogP) is 5.12. The molecule has 0 saturated carbocycles. The smallest absolute Gasteiger partial charge is 0.248 e. The summed E-state index contributed by atoms with van der Waals surface area (Å²) in [6, 6.07) is 24.7. The lowest BCUT2D eigenvalue weighted by Gasteiger charge is -2.10. The van der Waals surface area contributed by atoms with Crippen molar-refractivity contribution in [1.29, 1.82) is 0 Å². The molecule has 0 atom stereocenters. The van der Waals surface area contributed by atoms with Crippen LogP contribution in [0.2, 0.25) is 0 Å². The second-order valence-electron chi connectivity index (χ2n) is 6.81. The third kappa shape index (κ3) is 5.33. The van der Waals surface area contributed by atoms with Gasteiger partial charge in [0, 0.05) is 29.8 Å². The summed E-state index contributed by atoms with van der Waals surface area (Å²) in [6.07, 6.45) is 6.53. The maximum atomic E-state index is 12.3. The number of nitrogen functional groups attached to an aromatic ring is 1. The lowest BCUT2D eigenvalue weighted by atomic mass is 10.0. The summed E-state index contributed by atoms with van der Waals surface area (Å²) >= 11 is 0. The topological polar surface area (TPSA) is 92.9 Å². The molecule has 0 bridgehead atoms. The number of nitrogens with zero attached hydrogens (tertiary/aromatic N) is 2. The maximum absolute atomic E-state index is 12.3. The molecule has 2 aromatic carbocycles. The second-order valence-corrected chi connectivity index (χ2v) is 6.81. The van der Waals surface area contributed by atoms with Gasteiger partial charge in [0.25, 0.3) is 0 Å². The van der Waals surface area contributed by atoms with Crippen molar-refractivity contribution in [1.82, 2.24) is 9.97 Å². The van der Waals surface area contributed by atoms with Gasteiger partial charge in [-0.3, -0.25) is 9.78 Å². The van der Waals surface area contributed by atoms with Crippen molar-refractivity contribution in [3.63, 3.8) is 0 Å². The van der Waals surface area contributed by atoms with Crippen molar-refractivity contribution in [2.24, 2.45) is 0 Å². The molecule has 4 rings (SSSR count). The molecule has 0 fully saturated rings. The van der Waals surface area contributed by atoms with Crippen LogP contribution in [-0.2, 0) is 4.79 Å². The molecule has 0 aliphatic heterocycles. The Morgan fingerprint density at radius 2 is 1.55 bits per heavy atom. The van der Waals surface area contributed by atoms with Crippen molar-refractivity contribution in [2.45, 2.75) is 0 Å². The third-order valence-electron chi connectivity index (χ3n) is 4.52. The van der Waals surface area contributed by atoms with E-state index in [0.29, 0.717) is 17.2 Å². The van der Waals surface area contributed by atoms with Gasteiger partial charge in [0.05, 0.1) is 11.4 Å². The number of hydrogen-bond donors (Lipinski definition) is 3. The minimum atomic E-state index is -0.219. The standard InChI is InChI=1S/C25H21N5O/c26-23-11-5-15-28-25(23)30-22-10-4-7-19(17-22)18-6-3-9-21(16-18)29-24(31)13-12-20-8-1-2-14-27-20/h1-17H,26H2,(H,28,30)(H,29,31)/b13-12+. The quantitative estimate of drug-likeness (QED) is 0.386. The van der Waals surface area contributed by atoms with Crippen LogP contribution in [-0.4, -0.2) is 15.9 Å². The van der Waals surface area contributed by atoms with E-state index in [4.69, 9.17) is 5.73 Å². The van der Waals surface area contributed by atoms with Gasteiger partial charge in [0.1, 0.15) is 0 Å². The van der Waals surface area contributed by atoms with Gasteiger partial charge in [-0.1, -0.05) is 30.3 Å². The van der Waals surface area contributed by atoms with Crippen LogP contribution in [0.5, 0.6) is 0 Å². The molecule has 0 radical (unpaired) electrons. The molecule has 0 spiro atoms. The number of nitrogens with one attached hydrogen (secondary N) is 2. The Bertz CT molecular complexity index is 1220. The van der Waals surface area contributed by atoms with Crippen molar-refractivity contribution < 1.29 is 4.79 Å². The summed E-state index contributed by atoms with van der Waals surface area (Å²) in [5.74, 6) is 0.393. The van der Waals surface area contributed by atoms with Crippen LogP contribution in [0.4, 0.5) is 22.9 Å². The number of anilines is 4. The molecule has 0 unspecified atom stereocenters. The number of aromatic nitrogens is 2. The molecule has 2 aromatic heterocycles. The van der Waals surface area contributed by atoms with E-state index in [1.54, 1.807) is 30.6 Å². The van der Waals surface area contributed by atoms with Gasteiger partial charge < -0.3 is 16.4 Å². The fraction of sp³-hybridized carbons (Fsp3) is 0. The first kappa shape index (κ1) is 19.8. The molecule has 0 saturated heterocycles. The van der Waals surface area contributed by atoms with Gasteiger partial charge in [0.15, 0.2) is 5.82 Å². The van der Waals surface area contributed by atoms with E-state index in [0.717, 1.165) is 22.5 Å². The number of nitrogens with two attached hydrogens (primary N) is 1. The van der Waals surface area contributed by atoms with Gasteiger partial charge in [-0.05, 0) is 65.7 Å². The molecule has 2 heterocycles. The molecule has 4 aromatic rings. The minimum absolute atomic E-state index is 0.219. The Labute approximate surface area is 180 Å². The summed E-state index contributed by atoms with van der Waals surface area (Å²) < 4.78 is 0. The van der Waals surface area contributed by atoms with E-state index in [-0.39, 0.29) is 5.91 Å². The minimum Gasteiger partial charge on any atom is -0.396 e. The number of carbonyl (C=O) groups excluding carboxylic acids is 1. The van der Waals surface area contributed by atoms with Crippen molar-refractivity contribution >= 4 is 34.9 Å². The molecule has 0 aliphatic carbocycles. The fourth-order valence-corrected chi connectivity index (χ4v) is 3.03. The summed E-state index contributed by atoms with van der Waals surface area (Å²) in [5.41, 5.74) is 10.8. The zero-order chi connectivity index (χ0) is 21.5. The third-order valence-corrected chi connectivity index (χ3v) is 4.52. The average molecular weight is 407 g/mol. The van der Waals surface area contributed by atoms with Crippen LogP contribution >= 0.6 is 0 Å². The van der Waals surface area contributed by atoms with E-state index in [2.05, 4.69) is 20.6 Å². The summed E-state index contributed by atoms with van der Waals surface area (Å²) in [7, 11) is 0. The number of rotatable bonds is 6. The van der Waals surface area contributed by atoms with Crippen molar-refractivity contribution in [2.75, 3.05) is 16.4 Å². The second kappa shape index (κ2) is 9.37. The van der Waals surface area contributed by atoms with E-state index >= 15 is 0 Å². The highest BCUT2D eigenvalue weighted by atomic mass is 16.1. The van der Waals surface area contributed by atoms with Crippen molar-refractivity contribution in [3.05, 3.63) is 103 Å². The zero-order valence-electron chi connectivity index (χ0n) is 16.7. The largest absolute Gasteiger partial charge is 0.396 e. The number of amides is 1. The molecule has 31 heavy (non-hydrogen) atoms. The number of pyridine rings is 2. The van der Waals surface area contributed by atoms with Gasteiger partial charge >= 0.3 is 0 Å². The van der Waals surface area contributed by atoms with Crippen molar-refractivity contribution in [3.8, 4) is 11.1 Å². The van der Waals surface area contributed by atoms with Crippen LogP contribution in [0.15, 0.2) is 97.3 Å².